The van der Waals surface area contributed by atoms with Gasteiger partial charge in [0.05, 0.1) is 19.3 Å². The van der Waals surface area contributed by atoms with E-state index in [1.165, 1.54) is 6.42 Å². The van der Waals surface area contributed by atoms with Crippen molar-refractivity contribution in [3.63, 3.8) is 0 Å². The first-order chi connectivity index (χ1) is 9.61. The van der Waals surface area contributed by atoms with Crippen molar-refractivity contribution in [3.8, 4) is 0 Å². The Morgan fingerprint density at radius 3 is 2.90 bits per heavy atom. The van der Waals surface area contributed by atoms with Crippen LogP contribution in [-0.4, -0.2) is 66.9 Å². The van der Waals surface area contributed by atoms with Crippen molar-refractivity contribution >= 4 is 12.0 Å². The van der Waals surface area contributed by atoms with Crippen LogP contribution < -0.4 is 10.6 Å². The van der Waals surface area contributed by atoms with Gasteiger partial charge in [-0.25, -0.2) is 4.79 Å². The number of hydrogen-bond donors (Lipinski definition) is 3. The molecule has 0 spiro atoms. The summed E-state index contributed by atoms with van der Waals surface area (Å²) in [5.41, 5.74) is 0. The molecule has 7 nitrogen and oxygen atoms in total. The molecule has 0 aliphatic carbocycles. The van der Waals surface area contributed by atoms with Crippen LogP contribution in [0.15, 0.2) is 0 Å². The quantitative estimate of drug-likeness (QED) is 0.654. The minimum atomic E-state index is -0.930. The summed E-state index contributed by atoms with van der Waals surface area (Å²) in [6.07, 6.45) is 2.26. The van der Waals surface area contributed by atoms with E-state index in [1.54, 1.807) is 0 Å². The standard InChI is InChI=1S/C13H23N3O4/c1-2-16-5-3-4-9(16)6-14-13(19)15-11-8-20-7-10(11)12(17)18/h9-11H,2-8H2,1H3,(H,17,18)(H2,14,15,19). The third-order valence-electron chi connectivity index (χ3n) is 4.12. The molecule has 0 saturated carbocycles. The van der Waals surface area contributed by atoms with Gasteiger partial charge in [-0.1, -0.05) is 6.92 Å². The van der Waals surface area contributed by atoms with Crippen molar-refractivity contribution in [3.05, 3.63) is 0 Å². The molecule has 3 atom stereocenters. The summed E-state index contributed by atoms with van der Waals surface area (Å²) in [4.78, 5) is 25.2. The number of likely N-dealkylation sites (N-methyl/N-ethyl adjacent to an activating group) is 1. The number of nitrogens with zero attached hydrogens (tertiary/aromatic N) is 1. The van der Waals surface area contributed by atoms with Crippen LogP contribution >= 0.6 is 0 Å². The van der Waals surface area contributed by atoms with Crippen molar-refractivity contribution < 1.29 is 19.4 Å². The van der Waals surface area contributed by atoms with Gasteiger partial charge in [0.2, 0.25) is 0 Å². The Morgan fingerprint density at radius 1 is 1.40 bits per heavy atom. The molecule has 0 aromatic carbocycles. The molecule has 2 fully saturated rings. The smallest absolute Gasteiger partial charge is 0.315 e. The van der Waals surface area contributed by atoms with Gasteiger partial charge in [-0.15, -0.1) is 0 Å². The van der Waals surface area contributed by atoms with Crippen molar-refractivity contribution in [2.45, 2.75) is 31.8 Å². The number of carboxylic acids is 1. The Bertz CT molecular complexity index is 364. The fourth-order valence-corrected chi connectivity index (χ4v) is 2.91. The highest BCUT2D eigenvalue weighted by molar-refractivity contribution is 5.77. The molecule has 2 aliphatic rings. The van der Waals surface area contributed by atoms with E-state index in [4.69, 9.17) is 9.84 Å². The molecule has 2 amide bonds. The van der Waals surface area contributed by atoms with E-state index in [0.717, 1.165) is 19.5 Å². The highest BCUT2D eigenvalue weighted by Gasteiger charge is 2.35. The lowest BCUT2D eigenvalue weighted by molar-refractivity contribution is -0.142. The number of nitrogens with one attached hydrogen (secondary N) is 2. The fraction of sp³-hybridized carbons (Fsp3) is 0.846. The van der Waals surface area contributed by atoms with Crippen LogP contribution in [0.2, 0.25) is 0 Å². The maximum atomic E-state index is 11.8. The Kier molecular flexibility index (Phi) is 5.19. The molecule has 0 aromatic heterocycles. The average molecular weight is 285 g/mol. The number of aliphatic carboxylic acids is 1. The van der Waals surface area contributed by atoms with Gasteiger partial charge >= 0.3 is 12.0 Å². The van der Waals surface area contributed by atoms with Crippen LogP contribution in [0.3, 0.4) is 0 Å². The first-order valence-corrected chi connectivity index (χ1v) is 7.20. The molecule has 0 aromatic rings. The summed E-state index contributed by atoms with van der Waals surface area (Å²) in [7, 11) is 0. The first kappa shape index (κ1) is 15.1. The van der Waals surface area contributed by atoms with Crippen LogP contribution in [0.4, 0.5) is 4.79 Å². The maximum Gasteiger partial charge on any atom is 0.315 e. The first-order valence-electron chi connectivity index (χ1n) is 7.20. The fourth-order valence-electron chi connectivity index (χ4n) is 2.91. The number of likely N-dealkylation sites (tertiary alicyclic amines) is 1. The second-order valence-corrected chi connectivity index (χ2v) is 5.37. The van der Waals surface area contributed by atoms with Crippen LogP contribution in [0.1, 0.15) is 19.8 Å². The van der Waals surface area contributed by atoms with E-state index in [1.807, 2.05) is 0 Å². The van der Waals surface area contributed by atoms with Crippen LogP contribution in [-0.2, 0) is 9.53 Å². The lowest BCUT2D eigenvalue weighted by Crippen LogP contribution is -2.49. The number of carboxylic acid groups (broad SMARTS) is 1. The van der Waals surface area contributed by atoms with E-state index in [9.17, 15) is 9.59 Å². The van der Waals surface area contributed by atoms with E-state index in [-0.39, 0.29) is 19.2 Å². The van der Waals surface area contributed by atoms with E-state index in [0.29, 0.717) is 12.6 Å². The summed E-state index contributed by atoms with van der Waals surface area (Å²) >= 11 is 0. The summed E-state index contributed by atoms with van der Waals surface area (Å²) in [6, 6.07) is -0.367. The van der Waals surface area contributed by atoms with Gasteiger partial charge in [-0.3, -0.25) is 9.69 Å². The molecule has 0 bridgehead atoms. The van der Waals surface area contributed by atoms with Crippen molar-refractivity contribution in [1.82, 2.24) is 15.5 Å². The molecule has 2 rings (SSSR count). The zero-order chi connectivity index (χ0) is 14.5. The number of carbonyl (C=O) groups is 2. The molecule has 2 saturated heterocycles. The van der Waals surface area contributed by atoms with Gasteiger partial charge in [-0.05, 0) is 25.9 Å². The molecule has 2 aliphatic heterocycles. The van der Waals surface area contributed by atoms with Crippen molar-refractivity contribution in [1.29, 1.82) is 0 Å². The van der Waals surface area contributed by atoms with E-state index in [2.05, 4.69) is 22.5 Å². The SMILES string of the molecule is CCN1CCCC1CNC(=O)NC1COCC1C(=O)O. The molecule has 7 heteroatoms. The number of rotatable bonds is 5. The van der Waals surface area contributed by atoms with Crippen LogP contribution in [0.25, 0.3) is 0 Å². The zero-order valence-electron chi connectivity index (χ0n) is 11.8. The Balaban J connectivity index is 1.74. The van der Waals surface area contributed by atoms with Crippen molar-refractivity contribution in [2.75, 3.05) is 32.8 Å². The van der Waals surface area contributed by atoms with Gasteiger partial charge in [0.15, 0.2) is 0 Å². The van der Waals surface area contributed by atoms with Gasteiger partial charge in [-0.2, -0.15) is 0 Å². The molecule has 20 heavy (non-hydrogen) atoms. The van der Waals surface area contributed by atoms with Crippen LogP contribution in [0.5, 0.6) is 0 Å². The predicted molar refractivity (Wildman–Crippen MR) is 72.5 cm³/mol. The van der Waals surface area contributed by atoms with E-state index >= 15 is 0 Å². The topological polar surface area (TPSA) is 90.9 Å². The Labute approximate surface area is 118 Å². The summed E-state index contributed by atoms with van der Waals surface area (Å²) < 4.78 is 5.11. The maximum absolute atomic E-state index is 11.8. The second-order valence-electron chi connectivity index (χ2n) is 5.37. The molecular formula is C13H23N3O4. The van der Waals surface area contributed by atoms with Crippen molar-refractivity contribution in [2.24, 2.45) is 5.92 Å². The number of carbonyl (C=O) groups excluding carboxylic acids is 1. The summed E-state index contributed by atoms with van der Waals surface area (Å²) in [6.45, 7) is 5.21. The highest BCUT2D eigenvalue weighted by atomic mass is 16.5. The summed E-state index contributed by atoms with van der Waals surface area (Å²) in [5.74, 6) is -1.58. The van der Waals surface area contributed by atoms with Gasteiger partial charge in [0.25, 0.3) is 0 Å². The number of urea groups is 1. The molecule has 114 valence electrons. The molecule has 3 N–H and O–H groups in total. The lowest BCUT2D eigenvalue weighted by Gasteiger charge is -2.23. The van der Waals surface area contributed by atoms with Gasteiger partial charge in [0.1, 0.15) is 5.92 Å². The molecule has 2 heterocycles. The minimum absolute atomic E-state index is 0.159. The second kappa shape index (κ2) is 6.90. The zero-order valence-corrected chi connectivity index (χ0v) is 11.8. The van der Waals surface area contributed by atoms with E-state index < -0.39 is 17.9 Å². The monoisotopic (exact) mass is 285 g/mol. The van der Waals surface area contributed by atoms with Gasteiger partial charge in [0, 0.05) is 12.6 Å². The Morgan fingerprint density at radius 2 is 2.20 bits per heavy atom. The molecule has 3 unspecified atom stereocenters. The normalized spacial score (nSPS) is 30.4. The molecular weight excluding hydrogens is 262 g/mol. The number of ether oxygens (including phenoxy) is 1. The number of amides is 2. The third kappa shape index (κ3) is 3.61. The molecule has 0 radical (unpaired) electrons. The number of hydrogen-bond acceptors (Lipinski definition) is 4. The highest BCUT2D eigenvalue weighted by Crippen LogP contribution is 2.16. The lowest BCUT2D eigenvalue weighted by atomic mass is 10.0. The largest absolute Gasteiger partial charge is 0.481 e. The van der Waals surface area contributed by atoms with Crippen LogP contribution in [0, 0.1) is 5.92 Å². The van der Waals surface area contributed by atoms with Gasteiger partial charge < -0.3 is 20.5 Å². The third-order valence-corrected chi connectivity index (χ3v) is 4.12. The Hall–Kier alpha value is -1.34. The average Bonchev–Trinajstić information content (AvgIpc) is 3.04. The minimum Gasteiger partial charge on any atom is -0.481 e. The summed E-state index contributed by atoms with van der Waals surface area (Å²) in [5, 5.41) is 14.5. The predicted octanol–water partition coefficient (Wildman–Crippen LogP) is -0.130.